The first kappa shape index (κ1) is 20.6. The van der Waals surface area contributed by atoms with Crippen molar-refractivity contribution < 1.29 is 17.7 Å². The molecule has 0 fully saturated rings. The van der Waals surface area contributed by atoms with Crippen molar-refractivity contribution in [1.29, 1.82) is 0 Å². The normalized spacial score (nSPS) is 11.3. The maximum Gasteiger partial charge on any atom is 0.261 e. The lowest BCUT2D eigenvalue weighted by molar-refractivity contribution is 0.379. The van der Waals surface area contributed by atoms with Crippen LogP contribution in [0.5, 0.6) is 5.75 Å². The van der Waals surface area contributed by atoms with Crippen LogP contribution in [-0.2, 0) is 22.9 Å². The van der Waals surface area contributed by atoms with E-state index in [4.69, 9.17) is 9.26 Å². The van der Waals surface area contributed by atoms with E-state index in [0.717, 1.165) is 23.3 Å². The van der Waals surface area contributed by atoms with Gasteiger partial charge in [-0.15, -0.1) is 0 Å². The van der Waals surface area contributed by atoms with Gasteiger partial charge in [-0.3, -0.25) is 4.72 Å². The monoisotopic (exact) mass is 435 g/mol. The molecule has 0 aliphatic carbocycles. The average molecular weight is 436 g/mol. The van der Waals surface area contributed by atoms with Crippen LogP contribution < -0.4 is 9.46 Å². The highest BCUT2D eigenvalue weighted by atomic mass is 32.2. The summed E-state index contributed by atoms with van der Waals surface area (Å²) in [4.78, 5) is 4.65. The Hall–Kier alpha value is -3.65. The second-order valence-electron chi connectivity index (χ2n) is 6.86. The van der Waals surface area contributed by atoms with Crippen LogP contribution in [0.15, 0.2) is 88.3 Å². The van der Waals surface area contributed by atoms with Crippen molar-refractivity contribution in [3.8, 4) is 17.1 Å². The lowest BCUT2D eigenvalue weighted by atomic mass is 10.1. The average Bonchev–Trinajstić information content (AvgIpc) is 3.28. The highest BCUT2D eigenvalue weighted by Gasteiger charge is 2.14. The highest BCUT2D eigenvalue weighted by molar-refractivity contribution is 7.92. The van der Waals surface area contributed by atoms with Crippen molar-refractivity contribution in [3.05, 3.63) is 90.3 Å². The molecule has 4 aromatic rings. The Labute approximate surface area is 180 Å². The van der Waals surface area contributed by atoms with Crippen LogP contribution in [0.1, 0.15) is 11.5 Å². The van der Waals surface area contributed by atoms with Crippen molar-refractivity contribution in [3.63, 3.8) is 0 Å². The van der Waals surface area contributed by atoms with Gasteiger partial charge in [0.25, 0.3) is 10.0 Å². The summed E-state index contributed by atoms with van der Waals surface area (Å²) in [7, 11) is -1.99. The molecule has 158 valence electrons. The molecule has 7 nitrogen and oxygen atoms in total. The fourth-order valence-corrected chi connectivity index (χ4v) is 4.10. The summed E-state index contributed by atoms with van der Waals surface area (Å²) in [5.41, 5.74) is 2.34. The van der Waals surface area contributed by atoms with Gasteiger partial charge in [0.2, 0.25) is 11.7 Å². The molecular formula is C23H21N3O4S. The number of aryl methyl sites for hydroxylation is 2. The van der Waals surface area contributed by atoms with Crippen LogP contribution in [-0.4, -0.2) is 25.7 Å². The van der Waals surface area contributed by atoms with Crippen molar-refractivity contribution in [1.82, 2.24) is 10.1 Å². The number of ether oxygens (including phenoxy) is 1. The number of benzene rings is 3. The number of sulfonamides is 1. The van der Waals surface area contributed by atoms with Crippen molar-refractivity contribution in [2.45, 2.75) is 17.7 Å². The number of aromatic nitrogens is 2. The number of hydrogen-bond acceptors (Lipinski definition) is 6. The van der Waals surface area contributed by atoms with Gasteiger partial charge in [-0.2, -0.15) is 4.98 Å². The summed E-state index contributed by atoms with van der Waals surface area (Å²) in [5, 5.41) is 4.03. The van der Waals surface area contributed by atoms with Gasteiger partial charge in [0.1, 0.15) is 5.75 Å². The largest absolute Gasteiger partial charge is 0.497 e. The van der Waals surface area contributed by atoms with E-state index >= 15 is 0 Å². The van der Waals surface area contributed by atoms with E-state index < -0.39 is 10.0 Å². The number of hydrogen-bond donors (Lipinski definition) is 1. The minimum Gasteiger partial charge on any atom is -0.497 e. The molecule has 0 saturated heterocycles. The third-order valence-corrected chi connectivity index (χ3v) is 6.10. The second kappa shape index (κ2) is 9.01. The zero-order valence-corrected chi connectivity index (χ0v) is 17.7. The van der Waals surface area contributed by atoms with Crippen LogP contribution >= 0.6 is 0 Å². The SMILES string of the molecule is COc1ccc(CCc2nc(-c3ccc(NS(=O)(=O)c4ccccc4)cc3)no2)cc1. The molecule has 1 aromatic heterocycles. The Bertz CT molecular complexity index is 1240. The Kier molecular flexibility index (Phi) is 5.99. The highest BCUT2D eigenvalue weighted by Crippen LogP contribution is 2.21. The van der Waals surface area contributed by atoms with Gasteiger partial charge in [0.05, 0.1) is 12.0 Å². The molecule has 8 heteroatoms. The molecule has 0 radical (unpaired) electrons. The van der Waals surface area contributed by atoms with Crippen molar-refractivity contribution in [2.24, 2.45) is 0 Å². The molecule has 3 aromatic carbocycles. The predicted molar refractivity (Wildman–Crippen MR) is 117 cm³/mol. The molecule has 0 spiro atoms. The molecule has 0 saturated carbocycles. The lowest BCUT2D eigenvalue weighted by Gasteiger charge is -2.08. The van der Waals surface area contributed by atoms with Gasteiger partial charge in [0, 0.05) is 17.7 Å². The van der Waals surface area contributed by atoms with Crippen LogP contribution in [0.3, 0.4) is 0 Å². The van der Waals surface area contributed by atoms with Crippen LogP contribution in [0.4, 0.5) is 5.69 Å². The van der Waals surface area contributed by atoms with Crippen LogP contribution in [0, 0.1) is 0 Å². The van der Waals surface area contributed by atoms with E-state index in [0.29, 0.717) is 23.8 Å². The van der Waals surface area contributed by atoms with E-state index in [1.165, 1.54) is 0 Å². The summed E-state index contributed by atoms with van der Waals surface area (Å²) in [6, 6.07) is 22.9. The molecule has 0 unspecified atom stereocenters. The second-order valence-corrected chi connectivity index (χ2v) is 8.54. The molecule has 1 heterocycles. The molecule has 0 aliphatic rings. The number of nitrogens with zero attached hydrogens (tertiary/aromatic N) is 2. The third-order valence-electron chi connectivity index (χ3n) is 4.70. The fraction of sp³-hybridized carbons (Fsp3) is 0.130. The van der Waals surface area contributed by atoms with Gasteiger partial charge in [-0.05, 0) is 60.5 Å². The standard InChI is InChI=1S/C23H21N3O4S/c1-29-20-14-7-17(8-15-20)9-16-22-24-23(25-30-22)18-10-12-19(13-11-18)26-31(27,28)21-5-3-2-4-6-21/h2-8,10-15,26H,9,16H2,1H3. The van der Waals surface area contributed by atoms with E-state index in [1.54, 1.807) is 61.7 Å². The van der Waals surface area contributed by atoms with E-state index in [9.17, 15) is 8.42 Å². The number of methoxy groups -OCH3 is 1. The molecule has 0 aliphatic heterocycles. The third kappa shape index (κ3) is 5.10. The van der Waals surface area contributed by atoms with E-state index in [2.05, 4.69) is 14.9 Å². The quantitative estimate of drug-likeness (QED) is 0.443. The first-order valence-corrected chi connectivity index (χ1v) is 11.2. The molecule has 31 heavy (non-hydrogen) atoms. The lowest BCUT2D eigenvalue weighted by Crippen LogP contribution is -2.12. The summed E-state index contributed by atoms with van der Waals surface area (Å²) in [5.74, 6) is 1.82. The smallest absolute Gasteiger partial charge is 0.261 e. The van der Waals surface area contributed by atoms with Gasteiger partial charge >= 0.3 is 0 Å². The van der Waals surface area contributed by atoms with Crippen LogP contribution in [0.2, 0.25) is 0 Å². The van der Waals surface area contributed by atoms with Gasteiger partial charge in [0.15, 0.2) is 0 Å². The van der Waals surface area contributed by atoms with Crippen LogP contribution in [0.25, 0.3) is 11.4 Å². The Balaban J connectivity index is 1.39. The fourth-order valence-electron chi connectivity index (χ4n) is 3.02. The summed E-state index contributed by atoms with van der Waals surface area (Å²) in [6.45, 7) is 0. The molecule has 0 atom stereocenters. The van der Waals surface area contributed by atoms with Crippen molar-refractivity contribution in [2.75, 3.05) is 11.8 Å². The van der Waals surface area contributed by atoms with E-state index in [1.807, 2.05) is 24.3 Å². The molecular weight excluding hydrogens is 414 g/mol. The number of nitrogens with one attached hydrogen (secondary N) is 1. The summed E-state index contributed by atoms with van der Waals surface area (Å²) in [6.07, 6.45) is 1.39. The first-order valence-electron chi connectivity index (χ1n) is 9.67. The Morgan fingerprint density at radius 3 is 2.29 bits per heavy atom. The summed E-state index contributed by atoms with van der Waals surface area (Å²) >= 11 is 0. The minimum absolute atomic E-state index is 0.207. The molecule has 1 N–H and O–H groups in total. The number of anilines is 1. The summed E-state index contributed by atoms with van der Waals surface area (Å²) < 4.78 is 37.9. The Morgan fingerprint density at radius 1 is 0.903 bits per heavy atom. The topological polar surface area (TPSA) is 94.3 Å². The van der Waals surface area contributed by atoms with Gasteiger partial charge in [-0.1, -0.05) is 35.5 Å². The Morgan fingerprint density at radius 2 is 1.61 bits per heavy atom. The zero-order chi connectivity index (χ0) is 21.7. The number of rotatable bonds is 8. The maximum absolute atomic E-state index is 12.4. The van der Waals surface area contributed by atoms with Gasteiger partial charge in [-0.25, -0.2) is 8.42 Å². The predicted octanol–water partition coefficient (Wildman–Crippen LogP) is 4.33. The zero-order valence-electron chi connectivity index (χ0n) is 16.9. The van der Waals surface area contributed by atoms with Crippen molar-refractivity contribution >= 4 is 15.7 Å². The maximum atomic E-state index is 12.4. The molecule has 4 rings (SSSR count). The van der Waals surface area contributed by atoms with Gasteiger partial charge < -0.3 is 9.26 Å². The van der Waals surface area contributed by atoms with E-state index in [-0.39, 0.29) is 4.90 Å². The first-order chi connectivity index (χ1) is 15.0. The minimum atomic E-state index is -3.63. The molecule has 0 amide bonds. The molecule has 0 bridgehead atoms.